The van der Waals surface area contributed by atoms with Crippen LogP contribution in [0.4, 0.5) is 0 Å². The third-order valence-electron chi connectivity index (χ3n) is 3.49. The van der Waals surface area contributed by atoms with Gasteiger partial charge in [-0.2, -0.15) is 0 Å². The summed E-state index contributed by atoms with van der Waals surface area (Å²) in [7, 11) is 0. The summed E-state index contributed by atoms with van der Waals surface area (Å²) >= 11 is 3.49. The Hall–Kier alpha value is -0.870. The van der Waals surface area contributed by atoms with E-state index in [2.05, 4.69) is 20.8 Å². The quantitative estimate of drug-likeness (QED) is 0.929. The molecule has 0 aromatic heterocycles. The first-order chi connectivity index (χ1) is 8.68. The molecule has 1 aliphatic rings. The molecule has 0 amide bonds. The highest BCUT2D eigenvalue weighted by Gasteiger charge is 2.27. The topological polar surface area (TPSA) is 40.5 Å². The zero-order valence-corrected chi connectivity index (χ0v) is 11.9. The lowest BCUT2D eigenvalue weighted by Crippen LogP contribution is -2.45. The summed E-state index contributed by atoms with van der Waals surface area (Å²) in [6.07, 6.45) is 4.01. The van der Waals surface area contributed by atoms with Crippen molar-refractivity contribution in [1.29, 1.82) is 0 Å². The molecule has 0 aliphatic carbocycles. The Morgan fingerprint density at radius 1 is 1.28 bits per heavy atom. The molecule has 0 spiro atoms. The van der Waals surface area contributed by atoms with Crippen molar-refractivity contribution in [3.8, 4) is 0 Å². The number of piperidine rings is 1. The average molecular weight is 312 g/mol. The van der Waals surface area contributed by atoms with Crippen molar-refractivity contribution in [2.45, 2.75) is 31.7 Å². The molecule has 1 aliphatic heterocycles. The van der Waals surface area contributed by atoms with Crippen LogP contribution in [0.1, 0.15) is 24.8 Å². The van der Waals surface area contributed by atoms with Gasteiger partial charge in [-0.25, -0.2) is 0 Å². The molecule has 1 atom stereocenters. The SMILES string of the molecule is O=C(O)C(Cc1ccccc1Br)N1CCCCC1. The van der Waals surface area contributed by atoms with Gasteiger partial charge in [0, 0.05) is 4.47 Å². The predicted molar refractivity (Wildman–Crippen MR) is 74.7 cm³/mol. The van der Waals surface area contributed by atoms with Gasteiger partial charge in [-0.3, -0.25) is 9.69 Å². The van der Waals surface area contributed by atoms with Crippen molar-refractivity contribution in [2.24, 2.45) is 0 Å². The number of rotatable bonds is 4. The molecule has 0 radical (unpaired) electrons. The van der Waals surface area contributed by atoms with E-state index in [0.717, 1.165) is 36.0 Å². The number of carboxylic acids is 1. The molecule has 1 fully saturated rings. The lowest BCUT2D eigenvalue weighted by Gasteiger charge is -2.32. The van der Waals surface area contributed by atoms with Crippen LogP contribution in [0, 0.1) is 0 Å². The van der Waals surface area contributed by atoms with Gasteiger partial charge >= 0.3 is 5.97 Å². The maximum atomic E-state index is 11.5. The zero-order valence-electron chi connectivity index (χ0n) is 10.3. The summed E-state index contributed by atoms with van der Waals surface area (Å²) < 4.78 is 0.994. The monoisotopic (exact) mass is 311 g/mol. The standard InChI is InChI=1S/C14H18BrNO2/c15-12-7-3-2-6-11(12)10-13(14(17)18)16-8-4-1-5-9-16/h2-3,6-7,13H,1,4-5,8-10H2,(H,17,18). The minimum atomic E-state index is -0.715. The molecule has 0 saturated carbocycles. The van der Waals surface area contributed by atoms with E-state index < -0.39 is 12.0 Å². The second-order valence-corrected chi connectivity index (χ2v) is 5.60. The molecule has 1 aromatic rings. The van der Waals surface area contributed by atoms with E-state index in [1.807, 2.05) is 24.3 Å². The molecule has 1 heterocycles. The van der Waals surface area contributed by atoms with Gasteiger partial charge < -0.3 is 5.11 Å². The molecular weight excluding hydrogens is 294 g/mol. The van der Waals surface area contributed by atoms with Crippen molar-refractivity contribution in [3.63, 3.8) is 0 Å². The molecular formula is C14H18BrNO2. The number of hydrogen-bond acceptors (Lipinski definition) is 2. The molecule has 1 saturated heterocycles. The van der Waals surface area contributed by atoms with Crippen molar-refractivity contribution < 1.29 is 9.90 Å². The minimum Gasteiger partial charge on any atom is -0.480 e. The third-order valence-corrected chi connectivity index (χ3v) is 4.26. The van der Waals surface area contributed by atoms with E-state index in [9.17, 15) is 9.90 Å². The van der Waals surface area contributed by atoms with Crippen molar-refractivity contribution in [3.05, 3.63) is 34.3 Å². The zero-order chi connectivity index (χ0) is 13.0. The van der Waals surface area contributed by atoms with Gasteiger partial charge in [0.25, 0.3) is 0 Å². The van der Waals surface area contributed by atoms with Crippen LogP contribution >= 0.6 is 15.9 Å². The Morgan fingerprint density at radius 2 is 1.94 bits per heavy atom. The lowest BCUT2D eigenvalue weighted by atomic mass is 10.0. The molecule has 98 valence electrons. The van der Waals surface area contributed by atoms with Crippen LogP contribution in [-0.4, -0.2) is 35.1 Å². The van der Waals surface area contributed by atoms with Crippen molar-refractivity contribution >= 4 is 21.9 Å². The van der Waals surface area contributed by atoms with E-state index in [4.69, 9.17) is 0 Å². The maximum Gasteiger partial charge on any atom is 0.321 e. The van der Waals surface area contributed by atoms with E-state index in [1.54, 1.807) is 0 Å². The predicted octanol–water partition coefficient (Wildman–Crippen LogP) is 2.93. The number of carboxylic acid groups (broad SMARTS) is 1. The first-order valence-electron chi connectivity index (χ1n) is 6.39. The van der Waals surface area contributed by atoms with Gasteiger partial charge in [0.15, 0.2) is 0 Å². The highest BCUT2D eigenvalue weighted by Crippen LogP contribution is 2.21. The Bertz CT molecular complexity index is 416. The number of hydrogen-bond donors (Lipinski definition) is 1. The average Bonchev–Trinajstić information content (AvgIpc) is 2.38. The summed E-state index contributed by atoms with van der Waals surface area (Å²) in [6, 6.07) is 7.46. The summed E-state index contributed by atoms with van der Waals surface area (Å²) in [4.78, 5) is 13.6. The summed E-state index contributed by atoms with van der Waals surface area (Å²) in [5, 5.41) is 9.42. The van der Waals surface area contributed by atoms with Crippen LogP contribution in [0.15, 0.2) is 28.7 Å². The molecule has 0 bridgehead atoms. The first kappa shape index (κ1) is 13.6. The molecule has 1 unspecified atom stereocenters. The number of nitrogens with zero attached hydrogens (tertiary/aromatic N) is 1. The summed E-state index contributed by atoms with van der Waals surface area (Å²) in [5.74, 6) is -0.715. The third kappa shape index (κ3) is 3.33. The normalized spacial score (nSPS) is 18.5. The molecule has 4 heteroatoms. The molecule has 1 aromatic carbocycles. The Labute approximate surface area is 116 Å². The number of benzene rings is 1. The first-order valence-corrected chi connectivity index (χ1v) is 7.18. The summed E-state index contributed by atoms with van der Waals surface area (Å²) in [5.41, 5.74) is 1.07. The number of likely N-dealkylation sites (tertiary alicyclic amines) is 1. The van der Waals surface area contributed by atoms with Gasteiger partial charge in [-0.05, 0) is 44.0 Å². The lowest BCUT2D eigenvalue weighted by molar-refractivity contribution is -0.143. The van der Waals surface area contributed by atoms with E-state index in [0.29, 0.717) is 6.42 Å². The minimum absolute atomic E-state index is 0.399. The fourth-order valence-corrected chi connectivity index (χ4v) is 2.92. The van der Waals surface area contributed by atoms with E-state index in [1.165, 1.54) is 6.42 Å². The molecule has 1 N–H and O–H groups in total. The molecule has 18 heavy (non-hydrogen) atoms. The Morgan fingerprint density at radius 3 is 2.56 bits per heavy atom. The van der Waals surface area contributed by atoms with Gasteiger partial charge in [0.1, 0.15) is 6.04 Å². The number of carbonyl (C=O) groups is 1. The fraction of sp³-hybridized carbons (Fsp3) is 0.500. The van der Waals surface area contributed by atoms with Gasteiger partial charge in [-0.15, -0.1) is 0 Å². The number of aliphatic carboxylic acids is 1. The highest BCUT2D eigenvalue weighted by molar-refractivity contribution is 9.10. The second kappa shape index (κ2) is 6.34. The largest absolute Gasteiger partial charge is 0.480 e. The van der Waals surface area contributed by atoms with Crippen LogP contribution in [-0.2, 0) is 11.2 Å². The maximum absolute atomic E-state index is 11.5. The molecule has 3 nitrogen and oxygen atoms in total. The Kier molecular flexibility index (Phi) is 4.78. The highest BCUT2D eigenvalue weighted by atomic mass is 79.9. The van der Waals surface area contributed by atoms with Gasteiger partial charge in [0.2, 0.25) is 0 Å². The summed E-state index contributed by atoms with van der Waals surface area (Å²) in [6.45, 7) is 1.81. The smallest absolute Gasteiger partial charge is 0.321 e. The van der Waals surface area contributed by atoms with Crippen molar-refractivity contribution in [1.82, 2.24) is 4.90 Å². The van der Waals surface area contributed by atoms with Crippen LogP contribution in [0.5, 0.6) is 0 Å². The number of halogens is 1. The van der Waals surface area contributed by atoms with E-state index >= 15 is 0 Å². The van der Waals surface area contributed by atoms with Gasteiger partial charge in [-0.1, -0.05) is 40.5 Å². The fourth-order valence-electron chi connectivity index (χ4n) is 2.47. The van der Waals surface area contributed by atoms with Crippen molar-refractivity contribution in [2.75, 3.05) is 13.1 Å². The van der Waals surface area contributed by atoms with Crippen LogP contribution in [0.2, 0.25) is 0 Å². The van der Waals surface area contributed by atoms with Crippen LogP contribution in [0.25, 0.3) is 0 Å². The Balaban J connectivity index is 2.11. The van der Waals surface area contributed by atoms with E-state index in [-0.39, 0.29) is 0 Å². The second-order valence-electron chi connectivity index (χ2n) is 4.75. The molecule has 2 rings (SSSR count). The van der Waals surface area contributed by atoms with Gasteiger partial charge in [0.05, 0.1) is 0 Å². The van der Waals surface area contributed by atoms with Crippen LogP contribution < -0.4 is 0 Å². The van der Waals surface area contributed by atoms with Crippen LogP contribution in [0.3, 0.4) is 0 Å².